The Morgan fingerprint density at radius 1 is 1.14 bits per heavy atom. The van der Waals surface area contributed by atoms with E-state index < -0.39 is 53.8 Å². The van der Waals surface area contributed by atoms with Gasteiger partial charge in [-0.25, -0.2) is 9.78 Å². The first kappa shape index (κ1) is 28.7. The van der Waals surface area contributed by atoms with Gasteiger partial charge in [0, 0.05) is 31.3 Å². The van der Waals surface area contributed by atoms with Crippen molar-refractivity contribution in [1.29, 1.82) is 0 Å². The van der Waals surface area contributed by atoms with Crippen LogP contribution in [0.15, 0.2) is 12.5 Å². The molecule has 10 N–H and O–H groups in total. The number of H-pyrrole nitrogens is 1. The quantitative estimate of drug-likeness (QED) is 0.126. The van der Waals surface area contributed by atoms with E-state index in [0.717, 1.165) is 0 Å². The largest absolute Gasteiger partial charge is 0.480 e. The molecule has 0 aromatic carbocycles. The number of rotatable bonds is 15. The number of carboxylic acids is 1. The molecule has 1 fully saturated rings. The number of hydrogen-bond acceptors (Lipinski definition) is 8. The Kier molecular flexibility index (Phi) is 11.3. The Morgan fingerprint density at radius 3 is 2.47 bits per heavy atom. The maximum absolute atomic E-state index is 13.3. The third-order valence-electron chi connectivity index (χ3n) is 6.03. The second kappa shape index (κ2) is 14.1. The van der Waals surface area contributed by atoms with Crippen LogP contribution in [0.25, 0.3) is 0 Å². The highest BCUT2D eigenvalue weighted by molar-refractivity contribution is 5.94. The summed E-state index contributed by atoms with van der Waals surface area (Å²) >= 11 is 0. The number of aromatic amines is 1. The Bertz CT molecular complexity index is 908. The molecule has 0 saturated carbocycles. The molecular weight excluding hydrogens is 472 g/mol. The van der Waals surface area contributed by atoms with E-state index >= 15 is 0 Å². The van der Waals surface area contributed by atoms with Gasteiger partial charge in [0.1, 0.15) is 18.1 Å². The molecule has 2 rings (SSSR count). The lowest BCUT2D eigenvalue weighted by atomic mass is 10.0. The lowest BCUT2D eigenvalue weighted by Gasteiger charge is -2.29. The van der Waals surface area contributed by atoms with Gasteiger partial charge in [0.2, 0.25) is 23.6 Å². The molecule has 14 nitrogen and oxygen atoms in total. The van der Waals surface area contributed by atoms with Crippen molar-refractivity contribution in [3.8, 4) is 0 Å². The van der Waals surface area contributed by atoms with Crippen LogP contribution in [0.1, 0.15) is 50.6 Å². The van der Waals surface area contributed by atoms with Crippen LogP contribution in [0.3, 0.4) is 0 Å². The van der Waals surface area contributed by atoms with Crippen molar-refractivity contribution in [2.24, 2.45) is 17.2 Å². The fourth-order valence-electron chi connectivity index (χ4n) is 4.05. The monoisotopic (exact) mass is 508 g/mol. The van der Waals surface area contributed by atoms with Crippen molar-refractivity contribution in [2.75, 3.05) is 13.1 Å². The van der Waals surface area contributed by atoms with Crippen LogP contribution in [0.2, 0.25) is 0 Å². The smallest absolute Gasteiger partial charge is 0.326 e. The zero-order chi connectivity index (χ0) is 26.7. The molecule has 14 heteroatoms. The fraction of sp³-hybridized carbons (Fsp3) is 0.636. The van der Waals surface area contributed by atoms with E-state index in [1.807, 2.05) is 0 Å². The third kappa shape index (κ3) is 8.61. The number of primary amides is 1. The molecule has 1 aliphatic rings. The topological polar surface area (TPSA) is 240 Å². The van der Waals surface area contributed by atoms with E-state index in [-0.39, 0.29) is 32.2 Å². The van der Waals surface area contributed by atoms with Crippen LogP contribution in [0.4, 0.5) is 0 Å². The molecule has 4 amide bonds. The van der Waals surface area contributed by atoms with E-state index in [2.05, 4.69) is 20.6 Å². The van der Waals surface area contributed by atoms with Crippen molar-refractivity contribution < 1.29 is 29.1 Å². The predicted molar refractivity (Wildman–Crippen MR) is 128 cm³/mol. The van der Waals surface area contributed by atoms with Crippen molar-refractivity contribution in [3.05, 3.63) is 18.2 Å². The summed E-state index contributed by atoms with van der Waals surface area (Å²) in [5.74, 6) is -3.49. The van der Waals surface area contributed by atoms with E-state index in [1.54, 1.807) is 0 Å². The first-order valence-electron chi connectivity index (χ1n) is 12.0. The number of aliphatic carboxylic acids is 1. The summed E-state index contributed by atoms with van der Waals surface area (Å²) in [6.07, 6.45) is 5.15. The molecule has 1 aliphatic heterocycles. The Balaban J connectivity index is 2.17. The molecule has 0 aliphatic carbocycles. The average molecular weight is 509 g/mol. The normalized spacial score (nSPS) is 17.7. The molecule has 2 heterocycles. The van der Waals surface area contributed by atoms with Gasteiger partial charge in [0.25, 0.3) is 0 Å². The minimum Gasteiger partial charge on any atom is -0.480 e. The van der Waals surface area contributed by atoms with Gasteiger partial charge in [-0.05, 0) is 45.1 Å². The van der Waals surface area contributed by atoms with Gasteiger partial charge in [-0.3, -0.25) is 19.2 Å². The average Bonchev–Trinajstić information content (AvgIpc) is 3.53. The van der Waals surface area contributed by atoms with Crippen LogP contribution in [0, 0.1) is 0 Å². The molecule has 200 valence electrons. The van der Waals surface area contributed by atoms with Crippen molar-refractivity contribution in [2.45, 2.75) is 75.5 Å². The molecule has 1 saturated heterocycles. The lowest BCUT2D eigenvalue weighted by Crippen LogP contribution is -2.57. The zero-order valence-corrected chi connectivity index (χ0v) is 20.2. The first-order valence-corrected chi connectivity index (χ1v) is 12.0. The lowest BCUT2D eigenvalue weighted by molar-refractivity contribution is -0.149. The first-order chi connectivity index (χ1) is 17.1. The predicted octanol–water partition coefficient (Wildman–Crippen LogP) is -2.28. The number of imidazole rings is 1. The molecule has 1 aromatic rings. The second-order valence-corrected chi connectivity index (χ2v) is 8.83. The number of carbonyl (C=O) groups excluding carboxylic acids is 4. The molecule has 0 radical (unpaired) electrons. The highest BCUT2D eigenvalue weighted by Crippen LogP contribution is 2.19. The molecule has 0 spiro atoms. The molecule has 1 aromatic heterocycles. The number of carbonyl (C=O) groups is 5. The Morgan fingerprint density at radius 2 is 1.86 bits per heavy atom. The number of amides is 4. The van der Waals surface area contributed by atoms with Crippen LogP contribution in [-0.2, 0) is 30.4 Å². The Hall–Kier alpha value is -3.52. The standard InChI is InChI=1S/C22H36N8O6/c23-8-2-1-4-15(28-19(32)14(24)6-7-18(25)31)20(33)29-16(10-13-11-26-12-27-13)21(34)30-9-3-5-17(30)22(35)36/h11-12,14-17H,1-10,23-24H2,(H2,25,31)(H,26,27)(H,28,32)(H,29,33)(H,35,36). The number of nitrogens with one attached hydrogen (secondary N) is 3. The molecule has 4 unspecified atom stereocenters. The number of carboxylic acid groups (broad SMARTS) is 1. The number of aromatic nitrogens is 2. The number of nitrogens with two attached hydrogens (primary N) is 3. The molecule has 4 atom stereocenters. The summed E-state index contributed by atoms with van der Waals surface area (Å²) in [6, 6.07) is -4.13. The van der Waals surface area contributed by atoms with Gasteiger partial charge >= 0.3 is 5.97 Å². The van der Waals surface area contributed by atoms with Gasteiger partial charge < -0.3 is 42.8 Å². The highest BCUT2D eigenvalue weighted by Gasteiger charge is 2.38. The molecular formula is C22H36N8O6. The SMILES string of the molecule is NCCCCC(NC(=O)C(N)CCC(N)=O)C(=O)NC(Cc1cnc[nH]1)C(=O)N1CCCC1C(=O)O. The summed E-state index contributed by atoms with van der Waals surface area (Å²) in [6.45, 7) is 0.656. The van der Waals surface area contributed by atoms with Gasteiger partial charge in [-0.2, -0.15) is 0 Å². The van der Waals surface area contributed by atoms with E-state index in [9.17, 15) is 29.1 Å². The number of hydrogen-bond donors (Lipinski definition) is 7. The maximum Gasteiger partial charge on any atom is 0.326 e. The highest BCUT2D eigenvalue weighted by atomic mass is 16.4. The molecule has 36 heavy (non-hydrogen) atoms. The van der Waals surface area contributed by atoms with Crippen LogP contribution < -0.4 is 27.8 Å². The summed E-state index contributed by atoms with van der Waals surface area (Å²) in [7, 11) is 0. The number of likely N-dealkylation sites (tertiary alicyclic amines) is 1. The van der Waals surface area contributed by atoms with E-state index in [1.165, 1.54) is 17.4 Å². The number of unbranched alkanes of at least 4 members (excludes halogenated alkanes) is 1. The van der Waals surface area contributed by atoms with Gasteiger partial charge in [-0.1, -0.05) is 0 Å². The summed E-state index contributed by atoms with van der Waals surface area (Å²) < 4.78 is 0. The summed E-state index contributed by atoms with van der Waals surface area (Å²) in [4.78, 5) is 69.8. The minimum atomic E-state index is -1.11. The third-order valence-corrected chi connectivity index (χ3v) is 6.03. The van der Waals surface area contributed by atoms with Gasteiger partial charge in [0.15, 0.2) is 0 Å². The van der Waals surface area contributed by atoms with Gasteiger partial charge in [-0.15, -0.1) is 0 Å². The molecule has 0 bridgehead atoms. The number of nitrogens with zero attached hydrogens (tertiary/aromatic N) is 2. The van der Waals surface area contributed by atoms with Crippen molar-refractivity contribution >= 4 is 29.6 Å². The zero-order valence-electron chi connectivity index (χ0n) is 20.2. The van der Waals surface area contributed by atoms with E-state index in [0.29, 0.717) is 37.9 Å². The minimum absolute atomic E-state index is 0.0186. The van der Waals surface area contributed by atoms with E-state index in [4.69, 9.17) is 17.2 Å². The van der Waals surface area contributed by atoms with Crippen LogP contribution >= 0.6 is 0 Å². The van der Waals surface area contributed by atoms with Crippen LogP contribution in [-0.4, -0.2) is 86.8 Å². The maximum atomic E-state index is 13.3. The second-order valence-electron chi connectivity index (χ2n) is 8.83. The Labute approximate surface area is 208 Å². The van der Waals surface area contributed by atoms with Crippen LogP contribution in [0.5, 0.6) is 0 Å². The fourth-order valence-corrected chi connectivity index (χ4v) is 4.05. The van der Waals surface area contributed by atoms with Crippen molar-refractivity contribution in [1.82, 2.24) is 25.5 Å². The summed E-state index contributed by atoms with van der Waals surface area (Å²) in [5.41, 5.74) is 17.1. The van der Waals surface area contributed by atoms with Gasteiger partial charge in [0.05, 0.1) is 12.4 Å². The van der Waals surface area contributed by atoms with Crippen molar-refractivity contribution in [3.63, 3.8) is 0 Å². The summed E-state index contributed by atoms with van der Waals surface area (Å²) in [5, 5.41) is 14.8.